The number of hydrogen-bond acceptors (Lipinski definition) is 3. The van der Waals surface area contributed by atoms with E-state index in [4.69, 9.17) is 5.73 Å². The van der Waals surface area contributed by atoms with Crippen molar-refractivity contribution in [3.63, 3.8) is 0 Å². The van der Waals surface area contributed by atoms with Crippen LogP contribution in [0, 0.1) is 0 Å². The normalized spacial score (nSPS) is 9.61. The standard InChI is InChI=1S/C15H21N5O3/c1-10(2)19-14(22)17-7-4-8-18-15(23)20-12-6-3-5-11(9-12)13(16)21/h3,5-6,9H,1,4,7-8H2,2H3,(H2,16,21)(H2,17,19,22)(H2,18,20,23). The molecule has 0 bridgehead atoms. The lowest BCUT2D eigenvalue weighted by molar-refractivity contribution is 0.1000. The minimum atomic E-state index is -0.562. The predicted octanol–water partition coefficient (Wildman–Crippen LogP) is 1.13. The van der Waals surface area contributed by atoms with Gasteiger partial charge in [-0.15, -0.1) is 0 Å². The smallest absolute Gasteiger partial charge is 0.319 e. The maximum Gasteiger partial charge on any atom is 0.319 e. The molecule has 0 saturated carbocycles. The number of anilines is 1. The fraction of sp³-hybridized carbons (Fsp3) is 0.267. The topological polar surface area (TPSA) is 125 Å². The summed E-state index contributed by atoms with van der Waals surface area (Å²) in [5, 5.41) is 10.4. The SMILES string of the molecule is C=C(C)NC(=O)NCCCNC(=O)Nc1cccc(C(N)=O)c1. The molecule has 8 nitrogen and oxygen atoms in total. The van der Waals surface area contributed by atoms with Crippen LogP contribution < -0.4 is 27.0 Å². The third-order valence-corrected chi connectivity index (χ3v) is 2.66. The van der Waals surface area contributed by atoms with Gasteiger partial charge >= 0.3 is 12.1 Å². The van der Waals surface area contributed by atoms with Crippen LogP contribution in [0.2, 0.25) is 0 Å². The van der Waals surface area contributed by atoms with Crippen LogP contribution in [0.25, 0.3) is 0 Å². The Morgan fingerprint density at radius 3 is 2.39 bits per heavy atom. The Bertz CT molecular complexity index is 601. The van der Waals surface area contributed by atoms with Gasteiger partial charge in [0.25, 0.3) is 0 Å². The monoisotopic (exact) mass is 319 g/mol. The Balaban J connectivity index is 2.25. The van der Waals surface area contributed by atoms with Gasteiger partial charge in [-0.3, -0.25) is 4.79 Å². The molecule has 0 fully saturated rings. The summed E-state index contributed by atoms with van der Waals surface area (Å²) in [5.41, 5.74) is 6.51. The van der Waals surface area contributed by atoms with E-state index in [0.717, 1.165) is 0 Å². The fourth-order valence-electron chi connectivity index (χ4n) is 1.66. The van der Waals surface area contributed by atoms with Crippen LogP contribution in [0.5, 0.6) is 0 Å². The van der Waals surface area contributed by atoms with E-state index in [1.807, 2.05) is 0 Å². The van der Waals surface area contributed by atoms with Gasteiger partial charge in [0.2, 0.25) is 5.91 Å². The second-order valence-electron chi connectivity index (χ2n) is 4.84. The van der Waals surface area contributed by atoms with Crippen molar-refractivity contribution < 1.29 is 14.4 Å². The summed E-state index contributed by atoms with van der Waals surface area (Å²) in [6, 6.07) is 5.59. The molecule has 1 aromatic carbocycles. The minimum absolute atomic E-state index is 0.315. The number of carbonyl (C=O) groups is 3. The lowest BCUT2D eigenvalue weighted by atomic mass is 10.2. The number of hydrogen-bond donors (Lipinski definition) is 5. The molecular formula is C15H21N5O3. The molecule has 23 heavy (non-hydrogen) atoms. The Labute approximate surface area is 134 Å². The molecule has 0 aliphatic heterocycles. The molecule has 0 radical (unpaired) electrons. The van der Waals surface area contributed by atoms with Crippen molar-refractivity contribution in [3.8, 4) is 0 Å². The highest BCUT2D eigenvalue weighted by Crippen LogP contribution is 2.09. The number of nitrogens with one attached hydrogen (secondary N) is 4. The van der Waals surface area contributed by atoms with Crippen molar-refractivity contribution in [2.24, 2.45) is 5.73 Å². The highest BCUT2D eigenvalue weighted by Gasteiger charge is 2.04. The second-order valence-corrected chi connectivity index (χ2v) is 4.84. The molecule has 0 atom stereocenters. The fourth-order valence-corrected chi connectivity index (χ4v) is 1.66. The molecule has 6 N–H and O–H groups in total. The number of benzene rings is 1. The number of allylic oxidation sites excluding steroid dienone is 1. The van der Waals surface area contributed by atoms with E-state index in [-0.39, 0.29) is 6.03 Å². The van der Waals surface area contributed by atoms with Gasteiger partial charge in [-0.05, 0) is 31.5 Å². The summed E-state index contributed by atoms with van der Waals surface area (Å²) < 4.78 is 0. The average Bonchev–Trinajstić information content (AvgIpc) is 2.46. The van der Waals surface area contributed by atoms with Gasteiger partial charge < -0.3 is 27.0 Å². The van der Waals surface area contributed by atoms with E-state index in [0.29, 0.717) is 36.5 Å². The molecule has 0 aliphatic rings. The largest absolute Gasteiger partial charge is 0.366 e. The third-order valence-electron chi connectivity index (χ3n) is 2.66. The molecule has 0 heterocycles. The van der Waals surface area contributed by atoms with E-state index in [1.165, 1.54) is 6.07 Å². The Hall–Kier alpha value is -3.03. The third kappa shape index (κ3) is 7.51. The van der Waals surface area contributed by atoms with E-state index in [2.05, 4.69) is 27.8 Å². The van der Waals surface area contributed by atoms with E-state index in [9.17, 15) is 14.4 Å². The molecule has 0 aromatic heterocycles. The van der Waals surface area contributed by atoms with Gasteiger partial charge in [-0.25, -0.2) is 9.59 Å². The van der Waals surface area contributed by atoms with Crippen LogP contribution in [0.3, 0.4) is 0 Å². The summed E-state index contributed by atoms with van der Waals surface area (Å²) in [7, 11) is 0. The van der Waals surface area contributed by atoms with Crippen molar-refractivity contribution in [2.45, 2.75) is 13.3 Å². The number of urea groups is 2. The first-order chi connectivity index (χ1) is 10.9. The minimum Gasteiger partial charge on any atom is -0.366 e. The Morgan fingerprint density at radius 1 is 1.13 bits per heavy atom. The quantitative estimate of drug-likeness (QED) is 0.484. The number of carbonyl (C=O) groups excluding carboxylic acids is 3. The molecule has 5 amide bonds. The average molecular weight is 319 g/mol. The van der Waals surface area contributed by atoms with Crippen LogP contribution in [0.4, 0.5) is 15.3 Å². The molecule has 8 heteroatoms. The molecule has 0 saturated heterocycles. The molecule has 1 rings (SSSR count). The zero-order chi connectivity index (χ0) is 17.2. The highest BCUT2D eigenvalue weighted by atomic mass is 16.2. The van der Waals surface area contributed by atoms with Crippen LogP contribution in [0.15, 0.2) is 36.5 Å². The summed E-state index contributed by atoms with van der Waals surface area (Å²) in [6.07, 6.45) is 0.568. The van der Waals surface area contributed by atoms with E-state index >= 15 is 0 Å². The van der Waals surface area contributed by atoms with Gasteiger partial charge in [0.1, 0.15) is 0 Å². The van der Waals surface area contributed by atoms with E-state index in [1.54, 1.807) is 25.1 Å². The van der Waals surface area contributed by atoms with Crippen molar-refractivity contribution in [1.82, 2.24) is 16.0 Å². The maximum absolute atomic E-state index is 11.7. The first kappa shape index (κ1) is 18.0. The highest BCUT2D eigenvalue weighted by molar-refractivity contribution is 5.95. The van der Waals surface area contributed by atoms with Crippen molar-refractivity contribution in [1.29, 1.82) is 0 Å². The van der Waals surface area contributed by atoms with Gasteiger partial charge in [0.15, 0.2) is 0 Å². The van der Waals surface area contributed by atoms with Crippen molar-refractivity contribution in [2.75, 3.05) is 18.4 Å². The van der Waals surface area contributed by atoms with Crippen molar-refractivity contribution >= 4 is 23.7 Å². The Morgan fingerprint density at radius 2 is 1.78 bits per heavy atom. The molecule has 124 valence electrons. The van der Waals surface area contributed by atoms with Crippen molar-refractivity contribution in [3.05, 3.63) is 42.1 Å². The first-order valence-corrected chi connectivity index (χ1v) is 7.03. The first-order valence-electron chi connectivity index (χ1n) is 7.03. The summed E-state index contributed by atoms with van der Waals surface area (Å²) in [5.74, 6) is -0.562. The Kier molecular flexibility index (Phi) is 7.12. The van der Waals surface area contributed by atoms with Crippen LogP contribution in [-0.4, -0.2) is 31.1 Å². The van der Waals surface area contributed by atoms with Crippen LogP contribution >= 0.6 is 0 Å². The lowest BCUT2D eigenvalue weighted by Gasteiger charge is -2.09. The summed E-state index contributed by atoms with van der Waals surface area (Å²) >= 11 is 0. The number of primary amides is 1. The zero-order valence-corrected chi connectivity index (χ0v) is 12.9. The molecule has 0 aliphatic carbocycles. The van der Waals surface area contributed by atoms with Gasteiger partial charge in [0.05, 0.1) is 0 Å². The lowest BCUT2D eigenvalue weighted by Crippen LogP contribution is -2.36. The van der Waals surface area contributed by atoms with Gasteiger partial charge in [0, 0.05) is 30.0 Å². The number of nitrogens with two attached hydrogens (primary N) is 1. The molecule has 0 spiro atoms. The maximum atomic E-state index is 11.7. The summed E-state index contributed by atoms with van der Waals surface area (Å²) in [4.78, 5) is 34.0. The predicted molar refractivity (Wildman–Crippen MR) is 87.9 cm³/mol. The zero-order valence-electron chi connectivity index (χ0n) is 12.9. The molecule has 0 unspecified atom stereocenters. The second kappa shape index (κ2) is 9.08. The number of amides is 5. The van der Waals surface area contributed by atoms with E-state index < -0.39 is 11.9 Å². The van der Waals surface area contributed by atoms with Gasteiger partial charge in [-0.2, -0.15) is 0 Å². The van der Waals surface area contributed by atoms with Crippen LogP contribution in [0.1, 0.15) is 23.7 Å². The molecule has 1 aromatic rings. The molecular weight excluding hydrogens is 298 g/mol. The van der Waals surface area contributed by atoms with Crippen LogP contribution in [-0.2, 0) is 0 Å². The summed E-state index contributed by atoms with van der Waals surface area (Å²) in [6.45, 7) is 6.03. The number of rotatable bonds is 7. The van der Waals surface area contributed by atoms with Gasteiger partial charge in [-0.1, -0.05) is 12.6 Å².